The normalized spacial score (nSPS) is 10.9. The number of furan rings is 1. The fourth-order valence-electron chi connectivity index (χ4n) is 2.62. The third-order valence-corrected chi connectivity index (χ3v) is 3.87. The summed E-state index contributed by atoms with van der Waals surface area (Å²) in [6, 6.07) is 14.9. The van der Waals surface area contributed by atoms with Crippen LogP contribution in [0.3, 0.4) is 0 Å². The number of amides is 1. The van der Waals surface area contributed by atoms with Gasteiger partial charge >= 0.3 is 0 Å². The zero-order chi connectivity index (χ0) is 17.1. The van der Waals surface area contributed by atoms with Gasteiger partial charge in [0.25, 0.3) is 0 Å². The summed E-state index contributed by atoms with van der Waals surface area (Å²) in [4.78, 5) is 16.5. The van der Waals surface area contributed by atoms with Crippen molar-refractivity contribution in [2.75, 3.05) is 0 Å². The molecule has 4 aromatic rings. The molecule has 4 rings (SSSR count). The largest absolute Gasteiger partial charge is 0.463 e. The fourth-order valence-corrected chi connectivity index (χ4v) is 2.62. The van der Waals surface area contributed by atoms with E-state index in [9.17, 15) is 4.79 Å². The molecule has 1 aromatic carbocycles. The number of nitrogens with zero attached hydrogens (tertiary/aromatic N) is 2. The summed E-state index contributed by atoms with van der Waals surface area (Å²) in [5, 5.41) is 7.74. The maximum absolute atomic E-state index is 12.2. The maximum atomic E-state index is 12.2. The van der Waals surface area contributed by atoms with Gasteiger partial charge in [-0.1, -0.05) is 17.3 Å². The molecule has 0 aliphatic rings. The predicted octanol–water partition coefficient (Wildman–Crippen LogP) is 3.34. The first-order valence-corrected chi connectivity index (χ1v) is 7.88. The van der Waals surface area contributed by atoms with Crippen LogP contribution in [-0.2, 0) is 17.8 Å². The summed E-state index contributed by atoms with van der Waals surface area (Å²) in [5.41, 5.74) is 3.00. The minimum atomic E-state index is -0.115. The Morgan fingerprint density at radius 3 is 2.92 bits per heavy atom. The molecule has 0 saturated carbocycles. The molecule has 124 valence electrons. The van der Waals surface area contributed by atoms with Gasteiger partial charge in [-0.2, -0.15) is 0 Å². The molecule has 0 spiro atoms. The zero-order valence-corrected chi connectivity index (χ0v) is 13.3. The quantitative estimate of drug-likeness (QED) is 0.606. The Balaban J connectivity index is 1.41. The number of hydrogen-bond acceptors (Lipinski definition) is 5. The molecule has 0 unspecified atom stereocenters. The van der Waals surface area contributed by atoms with E-state index in [0.717, 1.165) is 16.6 Å². The van der Waals surface area contributed by atoms with Crippen molar-refractivity contribution in [1.82, 2.24) is 15.5 Å². The van der Waals surface area contributed by atoms with Crippen molar-refractivity contribution in [3.63, 3.8) is 0 Å². The van der Waals surface area contributed by atoms with E-state index < -0.39 is 0 Å². The summed E-state index contributed by atoms with van der Waals surface area (Å²) in [5.74, 6) is 0.581. The van der Waals surface area contributed by atoms with Gasteiger partial charge in [-0.15, -0.1) is 0 Å². The molecule has 0 fully saturated rings. The lowest BCUT2D eigenvalue weighted by atomic mass is 10.1. The molecule has 25 heavy (non-hydrogen) atoms. The first-order valence-electron chi connectivity index (χ1n) is 7.88. The van der Waals surface area contributed by atoms with Gasteiger partial charge in [0.1, 0.15) is 11.4 Å². The van der Waals surface area contributed by atoms with E-state index in [2.05, 4.69) is 15.5 Å². The van der Waals surface area contributed by atoms with Crippen molar-refractivity contribution in [3.05, 3.63) is 72.2 Å². The Morgan fingerprint density at radius 2 is 2.04 bits per heavy atom. The SMILES string of the molecule is O=C(Cc1noc2ccccc12)NCc1ccnc(-c2ccco2)c1. The van der Waals surface area contributed by atoms with Gasteiger partial charge in [-0.3, -0.25) is 9.78 Å². The van der Waals surface area contributed by atoms with Crippen LogP contribution in [0, 0.1) is 0 Å². The van der Waals surface area contributed by atoms with Crippen LogP contribution in [0.25, 0.3) is 22.4 Å². The van der Waals surface area contributed by atoms with Crippen molar-refractivity contribution < 1.29 is 13.7 Å². The highest BCUT2D eigenvalue weighted by Crippen LogP contribution is 2.19. The molecule has 6 nitrogen and oxygen atoms in total. The van der Waals surface area contributed by atoms with Crippen LogP contribution in [0.5, 0.6) is 0 Å². The number of aromatic nitrogens is 2. The molecule has 0 aliphatic heterocycles. The van der Waals surface area contributed by atoms with Gasteiger partial charge in [0, 0.05) is 18.1 Å². The Bertz CT molecular complexity index is 1010. The lowest BCUT2D eigenvalue weighted by molar-refractivity contribution is -0.120. The van der Waals surface area contributed by atoms with Gasteiger partial charge in [0.2, 0.25) is 5.91 Å². The van der Waals surface area contributed by atoms with Gasteiger partial charge < -0.3 is 14.3 Å². The molecule has 0 radical (unpaired) electrons. The number of nitrogens with one attached hydrogen (secondary N) is 1. The molecule has 0 bridgehead atoms. The molecule has 0 saturated heterocycles. The summed E-state index contributed by atoms with van der Waals surface area (Å²) in [6.07, 6.45) is 3.48. The Hall–Kier alpha value is -3.41. The number of carbonyl (C=O) groups is 1. The summed E-state index contributed by atoms with van der Waals surface area (Å²) >= 11 is 0. The van der Waals surface area contributed by atoms with Crippen molar-refractivity contribution in [2.45, 2.75) is 13.0 Å². The fraction of sp³-hybridized carbons (Fsp3) is 0.105. The Labute approximate surface area is 143 Å². The van der Waals surface area contributed by atoms with Crippen LogP contribution in [-0.4, -0.2) is 16.0 Å². The van der Waals surface area contributed by atoms with Crippen LogP contribution in [0.15, 0.2) is 69.9 Å². The maximum Gasteiger partial charge on any atom is 0.226 e. The van der Waals surface area contributed by atoms with Crippen LogP contribution >= 0.6 is 0 Å². The zero-order valence-electron chi connectivity index (χ0n) is 13.3. The second-order valence-corrected chi connectivity index (χ2v) is 5.61. The van der Waals surface area contributed by atoms with Crippen LogP contribution in [0.2, 0.25) is 0 Å². The van der Waals surface area contributed by atoms with E-state index in [1.807, 2.05) is 48.5 Å². The molecule has 1 N–H and O–H groups in total. The highest BCUT2D eigenvalue weighted by atomic mass is 16.5. The standard InChI is InChI=1S/C19H15N3O3/c23-19(11-15-14-4-1-2-5-17(14)25-22-15)21-12-13-7-8-20-16(10-13)18-6-3-9-24-18/h1-10H,11-12H2,(H,21,23). The number of para-hydroxylation sites is 1. The third-order valence-electron chi connectivity index (χ3n) is 3.87. The van der Waals surface area contributed by atoms with Gasteiger partial charge in [0.05, 0.1) is 12.7 Å². The molecule has 1 amide bonds. The van der Waals surface area contributed by atoms with E-state index in [1.54, 1.807) is 12.5 Å². The molecular formula is C19H15N3O3. The average Bonchev–Trinajstić information content (AvgIpc) is 3.31. The van der Waals surface area contributed by atoms with Crippen LogP contribution in [0.1, 0.15) is 11.3 Å². The minimum Gasteiger partial charge on any atom is -0.463 e. The smallest absolute Gasteiger partial charge is 0.226 e. The third kappa shape index (κ3) is 3.28. The van der Waals surface area contributed by atoms with Gasteiger partial charge in [-0.05, 0) is 42.0 Å². The van der Waals surface area contributed by atoms with Crippen molar-refractivity contribution in [3.8, 4) is 11.5 Å². The van der Waals surface area contributed by atoms with E-state index in [1.165, 1.54) is 0 Å². The van der Waals surface area contributed by atoms with Crippen molar-refractivity contribution >= 4 is 16.9 Å². The van der Waals surface area contributed by atoms with E-state index in [0.29, 0.717) is 23.6 Å². The predicted molar refractivity (Wildman–Crippen MR) is 91.5 cm³/mol. The summed E-state index contributed by atoms with van der Waals surface area (Å²) < 4.78 is 10.6. The van der Waals surface area contributed by atoms with Gasteiger partial charge in [-0.25, -0.2) is 0 Å². The van der Waals surface area contributed by atoms with Crippen molar-refractivity contribution in [2.24, 2.45) is 0 Å². The van der Waals surface area contributed by atoms with E-state index in [-0.39, 0.29) is 12.3 Å². The summed E-state index contributed by atoms with van der Waals surface area (Å²) in [6.45, 7) is 0.408. The number of hydrogen-bond donors (Lipinski definition) is 1. The summed E-state index contributed by atoms with van der Waals surface area (Å²) in [7, 11) is 0. The molecular weight excluding hydrogens is 318 g/mol. The second-order valence-electron chi connectivity index (χ2n) is 5.61. The molecule has 0 atom stereocenters. The number of fused-ring (bicyclic) bond motifs is 1. The van der Waals surface area contributed by atoms with E-state index in [4.69, 9.17) is 8.94 Å². The highest BCUT2D eigenvalue weighted by molar-refractivity contribution is 5.86. The minimum absolute atomic E-state index is 0.115. The highest BCUT2D eigenvalue weighted by Gasteiger charge is 2.12. The lowest BCUT2D eigenvalue weighted by Crippen LogP contribution is -2.24. The van der Waals surface area contributed by atoms with E-state index >= 15 is 0 Å². The molecule has 3 heterocycles. The Kier molecular flexibility index (Phi) is 4.00. The molecule has 3 aromatic heterocycles. The molecule has 6 heteroatoms. The number of benzene rings is 1. The average molecular weight is 333 g/mol. The lowest BCUT2D eigenvalue weighted by Gasteiger charge is -2.05. The number of pyridine rings is 1. The monoisotopic (exact) mass is 333 g/mol. The Morgan fingerprint density at radius 1 is 1.12 bits per heavy atom. The molecule has 0 aliphatic carbocycles. The first-order chi connectivity index (χ1) is 12.3. The first kappa shape index (κ1) is 15.1. The number of rotatable bonds is 5. The number of carbonyl (C=O) groups excluding carboxylic acids is 1. The van der Waals surface area contributed by atoms with Gasteiger partial charge in [0.15, 0.2) is 11.3 Å². The van der Waals surface area contributed by atoms with Crippen molar-refractivity contribution in [1.29, 1.82) is 0 Å². The second kappa shape index (κ2) is 6.60. The topological polar surface area (TPSA) is 81.2 Å². The van der Waals surface area contributed by atoms with Crippen LogP contribution < -0.4 is 5.32 Å². The van der Waals surface area contributed by atoms with Crippen LogP contribution in [0.4, 0.5) is 0 Å².